The molecule has 0 spiro atoms. The topological polar surface area (TPSA) is 176 Å². The summed E-state index contributed by atoms with van der Waals surface area (Å²) in [4.78, 5) is 69.6. The number of carbonyl (C=O) groups is 5. The fourth-order valence-electron chi connectivity index (χ4n) is 2.80. The van der Waals surface area contributed by atoms with Gasteiger partial charge in [0, 0.05) is 33.6 Å². The molecule has 5 atom stereocenters. The van der Waals surface area contributed by atoms with E-state index in [0.29, 0.717) is 5.01 Å². The second-order valence-corrected chi connectivity index (χ2v) is 6.84. The molecule has 1 N–H and O–H groups in total. The van der Waals surface area contributed by atoms with Crippen LogP contribution in [-0.4, -0.2) is 84.6 Å². The molecule has 0 aromatic carbocycles. The first-order chi connectivity index (χ1) is 15.0. The van der Waals surface area contributed by atoms with Gasteiger partial charge >= 0.3 is 29.9 Å². The molecule has 180 valence electrons. The maximum atomic E-state index is 12.4. The molecule has 0 aromatic heterocycles. The van der Waals surface area contributed by atoms with Crippen molar-refractivity contribution < 1.29 is 47.7 Å². The number of ether oxygens (including phenoxy) is 5. The van der Waals surface area contributed by atoms with E-state index in [-0.39, 0.29) is 12.4 Å². The maximum Gasteiger partial charge on any atom is 0.342 e. The number of urea groups is 1. The number of hydrogen-bond acceptors (Lipinski definition) is 12. The van der Waals surface area contributed by atoms with Crippen molar-refractivity contribution in [1.82, 2.24) is 10.3 Å². The molecule has 1 rings (SSSR count). The monoisotopic (exact) mass is 481 g/mol. The van der Waals surface area contributed by atoms with Crippen molar-refractivity contribution in [1.29, 1.82) is 0 Å². The first-order valence-corrected chi connectivity index (χ1v) is 9.81. The number of hydrogen-bond donors (Lipinski definition) is 1. The lowest BCUT2D eigenvalue weighted by Gasteiger charge is -2.44. The molecule has 0 bridgehead atoms. The Morgan fingerprint density at radius 2 is 1.44 bits per heavy atom. The number of halogens is 1. The van der Waals surface area contributed by atoms with Crippen LogP contribution >= 0.6 is 11.6 Å². The highest BCUT2D eigenvalue weighted by Gasteiger charge is 2.52. The van der Waals surface area contributed by atoms with E-state index in [4.69, 9.17) is 35.3 Å². The lowest BCUT2D eigenvalue weighted by Crippen LogP contribution is -2.66. The molecule has 0 radical (unpaired) electrons. The highest BCUT2D eigenvalue weighted by molar-refractivity contribution is 6.18. The molecular weight excluding hydrogens is 458 g/mol. The Labute approximate surface area is 187 Å². The maximum absolute atomic E-state index is 12.4. The van der Waals surface area contributed by atoms with Gasteiger partial charge in [0.15, 0.2) is 24.5 Å². The summed E-state index contributed by atoms with van der Waals surface area (Å²) in [7, 11) is 0. The van der Waals surface area contributed by atoms with Crippen LogP contribution in [0.25, 0.3) is 0 Å². The van der Waals surface area contributed by atoms with Crippen LogP contribution in [0.15, 0.2) is 5.29 Å². The van der Waals surface area contributed by atoms with Crippen LogP contribution in [-0.2, 0) is 42.9 Å². The van der Waals surface area contributed by atoms with Crippen molar-refractivity contribution in [3.05, 3.63) is 4.91 Å². The van der Waals surface area contributed by atoms with Gasteiger partial charge < -0.3 is 29.0 Å². The van der Waals surface area contributed by atoms with Gasteiger partial charge in [-0.1, -0.05) is 0 Å². The summed E-state index contributed by atoms with van der Waals surface area (Å²) in [5.74, 6) is -3.29. The lowest BCUT2D eigenvalue weighted by molar-refractivity contribution is -0.255. The number of carbonyl (C=O) groups excluding carboxylic acids is 5. The van der Waals surface area contributed by atoms with Gasteiger partial charge in [-0.25, -0.2) is 4.79 Å². The van der Waals surface area contributed by atoms with Crippen LogP contribution in [0, 0.1) is 4.91 Å². The van der Waals surface area contributed by atoms with Gasteiger partial charge in [-0.05, 0) is 0 Å². The Morgan fingerprint density at radius 3 is 1.91 bits per heavy atom. The number of amides is 2. The van der Waals surface area contributed by atoms with Gasteiger partial charge in [-0.15, -0.1) is 16.5 Å². The summed E-state index contributed by atoms with van der Waals surface area (Å²) in [6.45, 7) is 3.57. The smallest absolute Gasteiger partial charge is 0.342 e. The third-order valence-electron chi connectivity index (χ3n) is 3.89. The quantitative estimate of drug-likeness (QED) is 0.154. The van der Waals surface area contributed by atoms with Crippen LogP contribution in [0.3, 0.4) is 0 Å². The predicted octanol–water partition coefficient (Wildman–Crippen LogP) is 0.00130. The molecular formula is C17H24ClN3O11. The van der Waals surface area contributed by atoms with Crippen LogP contribution in [0.1, 0.15) is 27.7 Å². The van der Waals surface area contributed by atoms with Crippen molar-refractivity contribution in [3.63, 3.8) is 0 Å². The number of rotatable bonds is 9. The van der Waals surface area contributed by atoms with Crippen molar-refractivity contribution >= 4 is 41.5 Å². The lowest BCUT2D eigenvalue weighted by atomic mass is 9.97. The third-order valence-corrected chi connectivity index (χ3v) is 4.05. The summed E-state index contributed by atoms with van der Waals surface area (Å²) < 4.78 is 26.1. The van der Waals surface area contributed by atoms with E-state index in [1.165, 1.54) is 0 Å². The fourth-order valence-corrected chi connectivity index (χ4v) is 2.96. The molecule has 1 aliphatic heterocycles. The Balaban J connectivity index is 3.36. The third kappa shape index (κ3) is 8.26. The van der Waals surface area contributed by atoms with Gasteiger partial charge in [0.25, 0.3) is 0 Å². The van der Waals surface area contributed by atoms with Crippen molar-refractivity contribution in [2.45, 2.75) is 58.3 Å². The summed E-state index contributed by atoms with van der Waals surface area (Å²) >= 11 is 5.53. The molecule has 0 aromatic rings. The Bertz CT molecular complexity index is 735. The molecule has 1 aliphatic rings. The number of alkyl halides is 1. The Kier molecular flexibility index (Phi) is 10.8. The van der Waals surface area contributed by atoms with Gasteiger partial charge in [-0.3, -0.25) is 19.2 Å². The predicted molar refractivity (Wildman–Crippen MR) is 104 cm³/mol. The standard InChI is InChI=1S/C17H24ClN3O11/c1-8(22)28-7-12-13(29-9(2)23)14(30-10(3)24)15(31-11(4)25)16(32-12)19-17(26)21(20-27)6-5-18/h12-16H,5-7H2,1-4H3,(H,19,26)/t12-,13-,14+,15-,16?/m1/s1. The molecule has 0 aliphatic carbocycles. The second-order valence-electron chi connectivity index (χ2n) is 6.46. The zero-order chi connectivity index (χ0) is 24.4. The number of nitrogens with zero attached hydrogens (tertiary/aromatic N) is 2. The summed E-state index contributed by atoms with van der Waals surface area (Å²) in [6, 6.07) is -1.07. The highest BCUT2D eigenvalue weighted by atomic mass is 35.5. The average Bonchev–Trinajstić information content (AvgIpc) is 2.67. The van der Waals surface area contributed by atoms with Gasteiger partial charge in [0.2, 0.25) is 0 Å². The minimum atomic E-state index is -1.53. The van der Waals surface area contributed by atoms with Crippen LogP contribution < -0.4 is 5.32 Å². The van der Waals surface area contributed by atoms with E-state index in [2.05, 4.69) is 10.6 Å². The Morgan fingerprint density at radius 1 is 0.906 bits per heavy atom. The van der Waals surface area contributed by atoms with Crippen LogP contribution in [0.4, 0.5) is 4.79 Å². The van der Waals surface area contributed by atoms with Gasteiger partial charge in [0.05, 0.1) is 11.8 Å². The first kappa shape index (κ1) is 27.0. The average molecular weight is 482 g/mol. The fraction of sp³-hybridized carbons (Fsp3) is 0.706. The normalized spacial score (nSPS) is 24.5. The molecule has 0 saturated carbocycles. The van der Waals surface area contributed by atoms with E-state index in [1.807, 2.05) is 0 Å². The molecule has 14 nitrogen and oxygen atoms in total. The van der Waals surface area contributed by atoms with E-state index < -0.39 is 67.2 Å². The highest BCUT2D eigenvalue weighted by Crippen LogP contribution is 2.28. The van der Waals surface area contributed by atoms with Crippen LogP contribution in [0.5, 0.6) is 0 Å². The van der Waals surface area contributed by atoms with E-state index in [9.17, 15) is 28.9 Å². The van der Waals surface area contributed by atoms with E-state index in [0.717, 1.165) is 27.7 Å². The Hall–Kier alpha value is -3.00. The van der Waals surface area contributed by atoms with Crippen LogP contribution in [0.2, 0.25) is 0 Å². The van der Waals surface area contributed by atoms with Crippen molar-refractivity contribution in [3.8, 4) is 0 Å². The van der Waals surface area contributed by atoms with Gasteiger partial charge in [0.1, 0.15) is 12.7 Å². The SMILES string of the molecule is CC(=O)OC[C@H]1OC(NC(=O)N(CCCl)N=O)[C@H](OC(C)=O)[C@@H](OC(C)=O)[C@@H]1OC(C)=O. The minimum Gasteiger partial charge on any atom is -0.463 e. The largest absolute Gasteiger partial charge is 0.463 e. The molecule has 1 saturated heterocycles. The first-order valence-electron chi connectivity index (χ1n) is 9.27. The summed E-state index contributed by atoms with van der Waals surface area (Å²) in [5, 5.41) is 5.24. The van der Waals surface area contributed by atoms with E-state index >= 15 is 0 Å². The number of nitrogens with one attached hydrogen (secondary N) is 1. The zero-order valence-electron chi connectivity index (χ0n) is 17.8. The number of nitroso groups, excluding NO2 is 1. The molecule has 15 heteroatoms. The van der Waals surface area contributed by atoms with Crippen molar-refractivity contribution in [2.75, 3.05) is 19.0 Å². The van der Waals surface area contributed by atoms with Crippen molar-refractivity contribution in [2.24, 2.45) is 5.29 Å². The molecule has 32 heavy (non-hydrogen) atoms. The summed E-state index contributed by atoms with van der Waals surface area (Å²) in [5.41, 5.74) is 0. The number of esters is 4. The molecule has 1 unspecified atom stereocenters. The molecule has 1 heterocycles. The summed E-state index contributed by atoms with van der Waals surface area (Å²) in [6.07, 6.45) is -7.14. The zero-order valence-corrected chi connectivity index (χ0v) is 18.5. The second kappa shape index (κ2) is 12.8. The minimum absolute atomic E-state index is 0.113. The van der Waals surface area contributed by atoms with Gasteiger partial charge in [-0.2, -0.15) is 5.01 Å². The molecule has 1 fully saturated rings. The molecule has 2 amide bonds. The van der Waals surface area contributed by atoms with E-state index in [1.54, 1.807) is 0 Å².